The lowest BCUT2D eigenvalue weighted by molar-refractivity contribution is -0.0585. The van der Waals surface area contributed by atoms with Gasteiger partial charge in [0.1, 0.15) is 22.7 Å². The van der Waals surface area contributed by atoms with Crippen molar-refractivity contribution in [2.75, 3.05) is 32.1 Å². The molecule has 0 bridgehead atoms. The number of thiophene rings is 1. The molecule has 1 N–H and O–H groups in total. The van der Waals surface area contributed by atoms with Crippen LogP contribution in [0.5, 0.6) is 5.75 Å². The quantitative estimate of drug-likeness (QED) is 0.626. The Morgan fingerprint density at radius 2 is 2.06 bits per heavy atom. The summed E-state index contributed by atoms with van der Waals surface area (Å²) in [6.07, 6.45) is 2.47. The van der Waals surface area contributed by atoms with Crippen LogP contribution < -0.4 is 10.1 Å². The lowest BCUT2D eigenvalue weighted by Crippen LogP contribution is -2.48. The van der Waals surface area contributed by atoms with Crippen LogP contribution in [0.25, 0.3) is 10.2 Å². The molecule has 3 aromatic rings. The summed E-state index contributed by atoms with van der Waals surface area (Å²) in [7, 11) is 1.67. The van der Waals surface area contributed by atoms with Crippen molar-refractivity contribution in [2.24, 2.45) is 0 Å². The van der Waals surface area contributed by atoms with E-state index in [0.717, 1.165) is 45.2 Å². The molecule has 4 rings (SSSR count). The van der Waals surface area contributed by atoms with Gasteiger partial charge in [0.15, 0.2) is 0 Å². The highest BCUT2D eigenvalue weighted by atomic mass is 32.1. The van der Waals surface area contributed by atoms with Crippen LogP contribution in [-0.4, -0.2) is 59.7 Å². The monoisotopic (exact) mass is 440 g/mol. The van der Waals surface area contributed by atoms with E-state index in [0.29, 0.717) is 13.1 Å². The molecule has 0 radical (unpaired) electrons. The minimum absolute atomic E-state index is 0.0380. The highest BCUT2D eigenvalue weighted by Gasteiger charge is 2.29. The number of morpholine rings is 1. The van der Waals surface area contributed by atoms with Crippen LogP contribution in [0.2, 0.25) is 0 Å². The number of nitrogens with zero attached hydrogens (tertiary/aromatic N) is 3. The van der Waals surface area contributed by atoms with E-state index in [2.05, 4.69) is 21.4 Å². The molecule has 1 aliphatic heterocycles. The van der Waals surface area contributed by atoms with Gasteiger partial charge in [0.2, 0.25) is 0 Å². The molecule has 1 fully saturated rings. The third-order valence-corrected chi connectivity index (χ3v) is 6.66. The second-order valence-electron chi connectivity index (χ2n) is 7.95. The van der Waals surface area contributed by atoms with Crippen LogP contribution in [-0.2, 0) is 11.2 Å². The maximum absolute atomic E-state index is 13.3. The lowest BCUT2D eigenvalue weighted by Gasteiger charge is -2.35. The maximum atomic E-state index is 13.3. The Morgan fingerprint density at radius 3 is 2.81 bits per heavy atom. The van der Waals surface area contributed by atoms with E-state index in [1.165, 1.54) is 16.9 Å². The summed E-state index contributed by atoms with van der Waals surface area (Å²) >= 11 is 1.44. The number of aryl methyl sites for hydroxylation is 1. The van der Waals surface area contributed by atoms with Gasteiger partial charge in [-0.3, -0.25) is 4.79 Å². The molecule has 0 spiro atoms. The Balaban J connectivity index is 1.53. The van der Waals surface area contributed by atoms with Gasteiger partial charge in [0.05, 0.1) is 29.6 Å². The number of benzene rings is 1. The van der Waals surface area contributed by atoms with E-state index in [9.17, 15) is 4.79 Å². The molecule has 0 aliphatic carbocycles. The van der Waals surface area contributed by atoms with Crippen LogP contribution in [0.3, 0.4) is 0 Å². The SMILES string of the molecule is COc1cccc(CCNc2ncnc3sc(C(=O)N4C[C@@H](C)O[C@@H](C)C4)c(C)c23)c1. The zero-order chi connectivity index (χ0) is 22.0. The number of methoxy groups -OCH3 is 1. The molecule has 1 amide bonds. The van der Waals surface area contributed by atoms with Crippen molar-refractivity contribution in [3.63, 3.8) is 0 Å². The first-order valence-corrected chi connectivity index (χ1v) is 11.3. The second kappa shape index (κ2) is 9.20. The average molecular weight is 441 g/mol. The number of carbonyl (C=O) groups is 1. The minimum Gasteiger partial charge on any atom is -0.497 e. The van der Waals surface area contributed by atoms with Crippen molar-refractivity contribution in [1.82, 2.24) is 14.9 Å². The van der Waals surface area contributed by atoms with Crippen LogP contribution in [0, 0.1) is 6.92 Å². The van der Waals surface area contributed by atoms with Crippen LogP contribution in [0.15, 0.2) is 30.6 Å². The van der Waals surface area contributed by atoms with E-state index in [1.807, 2.05) is 43.9 Å². The number of ether oxygens (including phenoxy) is 2. The highest BCUT2D eigenvalue weighted by Crippen LogP contribution is 2.34. The number of hydrogen-bond acceptors (Lipinski definition) is 7. The topological polar surface area (TPSA) is 76.6 Å². The predicted molar refractivity (Wildman–Crippen MR) is 123 cm³/mol. The minimum atomic E-state index is 0.0380. The standard InChI is InChI=1S/C23H28N4O3S/c1-14-11-27(12-15(2)30-14)23(28)20-16(3)19-21(25-13-26-22(19)31-20)24-9-8-17-6-5-7-18(10-17)29-4/h5-7,10,13-15H,8-9,11-12H2,1-4H3,(H,24,25,26)/t14-,15+. The van der Waals surface area contributed by atoms with Crippen molar-refractivity contribution < 1.29 is 14.3 Å². The molecule has 31 heavy (non-hydrogen) atoms. The number of fused-ring (bicyclic) bond motifs is 1. The third-order valence-electron chi connectivity index (χ3n) is 5.47. The van der Waals surface area contributed by atoms with Crippen molar-refractivity contribution in [3.05, 3.63) is 46.6 Å². The molecule has 1 saturated heterocycles. The van der Waals surface area contributed by atoms with Crippen molar-refractivity contribution in [3.8, 4) is 5.75 Å². The molecule has 2 aromatic heterocycles. The summed E-state index contributed by atoms with van der Waals surface area (Å²) in [5.74, 6) is 1.67. The Morgan fingerprint density at radius 1 is 1.29 bits per heavy atom. The summed E-state index contributed by atoms with van der Waals surface area (Å²) < 4.78 is 11.1. The van der Waals surface area contributed by atoms with E-state index >= 15 is 0 Å². The number of carbonyl (C=O) groups excluding carboxylic acids is 1. The fourth-order valence-electron chi connectivity index (χ4n) is 4.05. The average Bonchev–Trinajstić information content (AvgIpc) is 3.10. The molecular formula is C23H28N4O3S. The third kappa shape index (κ3) is 4.65. The van der Waals surface area contributed by atoms with Crippen molar-refractivity contribution in [1.29, 1.82) is 0 Å². The van der Waals surface area contributed by atoms with E-state index in [-0.39, 0.29) is 18.1 Å². The predicted octanol–water partition coefficient (Wildman–Crippen LogP) is 3.91. The summed E-state index contributed by atoms with van der Waals surface area (Å²) in [6, 6.07) is 8.05. The van der Waals surface area contributed by atoms with Crippen molar-refractivity contribution in [2.45, 2.75) is 39.4 Å². The van der Waals surface area contributed by atoms with E-state index in [4.69, 9.17) is 9.47 Å². The van der Waals surface area contributed by atoms with E-state index in [1.54, 1.807) is 13.4 Å². The second-order valence-corrected chi connectivity index (χ2v) is 8.95. The number of nitrogens with one attached hydrogen (secondary N) is 1. The number of anilines is 1. The fraction of sp³-hybridized carbons (Fsp3) is 0.435. The molecule has 0 saturated carbocycles. The smallest absolute Gasteiger partial charge is 0.264 e. The first-order chi connectivity index (χ1) is 15.0. The first-order valence-electron chi connectivity index (χ1n) is 10.5. The number of rotatable bonds is 6. The Labute approximate surface area is 186 Å². The zero-order valence-corrected chi connectivity index (χ0v) is 19.2. The maximum Gasteiger partial charge on any atom is 0.264 e. The number of amides is 1. The van der Waals surface area contributed by atoms with Gasteiger partial charge in [-0.1, -0.05) is 12.1 Å². The molecule has 164 valence electrons. The van der Waals surface area contributed by atoms with Gasteiger partial charge < -0.3 is 19.7 Å². The Hall–Kier alpha value is -2.71. The zero-order valence-electron chi connectivity index (χ0n) is 18.3. The van der Waals surface area contributed by atoms with Gasteiger partial charge in [-0.2, -0.15) is 0 Å². The van der Waals surface area contributed by atoms with Gasteiger partial charge in [-0.05, 0) is 50.5 Å². The molecule has 3 heterocycles. The first kappa shape index (κ1) is 21.5. The molecule has 7 nitrogen and oxygen atoms in total. The molecular weight excluding hydrogens is 412 g/mol. The summed E-state index contributed by atoms with van der Waals surface area (Å²) in [5, 5.41) is 4.36. The van der Waals surface area contributed by atoms with Gasteiger partial charge in [0, 0.05) is 19.6 Å². The van der Waals surface area contributed by atoms with Gasteiger partial charge in [-0.25, -0.2) is 9.97 Å². The molecule has 0 unspecified atom stereocenters. The fourth-order valence-corrected chi connectivity index (χ4v) is 5.17. The molecule has 8 heteroatoms. The summed E-state index contributed by atoms with van der Waals surface area (Å²) in [4.78, 5) is 25.6. The summed E-state index contributed by atoms with van der Waals surface area (Å²) in [6.45, 7) is 7.92. The van der Waals surface area contributed by atoms with Crippen LogP contribution >= 0.6 is 11.3 Å². The largest absolute Gasteiger partial charge is 0.497 e. The van der Waals surface area contributed by atoms with Crippen LogP contribution in [0.4, 0.5) is 5.82 Å². The number of aromatic nitrogens is 2. The van der Waals surface area contributed by atoms with Gasteiger partial charge >= 0.3 is 0 Å². The lowest BCUT2D eigenvalue weighted by atomic mass is 10.1. The van der Waals surface area contributed by atoms with Crippen LogP contribution in [0.1, 0.15) is 34.6 Å². The normalized spacial score (nSPS) is 18.9. The Bertz CT molecular complexity index is 1070. The number of hydrogen-bond donors (Lipinski definition) is 1. The molecule has 1 aliphatic rings. The highest BCUT2D eigenvalue weighted by molar-refractivity contribution is 7.20. The molecule has 1 aromatic carbocycles. The van der Waals surface area contributed by atoms with E-state index < -0.39 is 0 Å². The summed E-state index contributed by atoms with van der Waals surface area (Å²) in [5.41, 5.74) is 2.12. The van der Waals surface area contributed by atoms with Gasteiger partial charge in [0.25, 0.3) is 5.91 Å². The Kier molecular flexibility index (Phi) is 6.38. The molecule has 2 atom stereocenters. The van der Waals surface area contributed by atoms with Crippen molar-refractivity contribution >= 4 is 33.3 Å². The van der Waals surface area contributed by atoms with Gasteiger partial charge in [-0.15, -0.1) is 11.3 Å².